The Hall–Kier alpha value is -2.57. The lowest BCUT2D eigenvalue weighted by Crippen LogP contribution is -2.46. The van der Waals surface area contributed by atoms with Crippen LogP contribution in [-0.4, -0.2) is 30.2 Å². The van der Waals surface area contributed by atoms with E-state index in [1.54, 1.807) is 31.2 Å². The minimum Gasteiger partial charge on any atom is -0.452 e. The third-order valence-electron chi connectivity index (χ3n) is 2.08. The van der Waals surface area contributed by atoms with Gasteiger partial charge in [0.25, 0.3) is 0 Å². The Kier molecular flexibility index (Phi) is 4.25. The van der Waals surface area contributed by atoms with Gasteiger partial charge in [0.1, 0.15) is 5.75 Å². The number of hydrogen-bond acceptors (Lipinski definition) is 5. The van der Waals surface area contributed by atoms with Crippen LogP contribution in [0.5, 0.6) is 5.75 Å². The molecule has 0 saturated heterocycles. The molecular weight excluding hydrogens is 238 g/mol. The SMILES string of the molecule is COC(=O)N(C(=N)Oc1ccccc1C)C(N)=O. The van der Waals surface area contributed by atoms with Crippen LogP contribution < -0.4 is 10.5 Å². The van der Waals surface area contributed by atoms with E-state index in [4.69, 9.17) is 15.9 Å². The number of benzene rings is 1. The van der Waals surface area contributed by atoms with E-state index in [0.717, 1.165) is 12.7 Å². The summed E-state index contributed by atoms with van der Waals surface area (Å²) in [6.07, 6.45) is -1.08. The number of nitrogens with two attached hydrogens (primary N) is 1. The van der Waals surface area contributed by atoms with Gasteiger partial charge in [0.15, 0.2) is 0 Å². The topological polar surface area (TPSA) is 106 Å². The largest absolute Gasteiger partial charge is 0.452 e. The highest BCUT2D eigenvalue weighted by atomic mass is 16.6. The van der Waals surface area contributed by atoms with Gasteiger partial charge in [0.2, 0.25) is 0 Å². The van der Waals surface area contributed by atoms with Gasteiger partial charge in [-0.15, -0.1) is 4.90 Å². The highest BCUT2D eigenvalue weighted by molar-refractivity contribution is 6.06. The first-order valence-electron chi connectivity index (χ1n) is 4.97. The van der Waals surface area contributed by atoms with Crippen LogP contribution >= 0.6 is 0 Å². The number of amides is 3. The maximum Gasteiger partial charge on any atom is 0.426 e. The zero-order valence-electron chi connectivity index (χ0n) is 9.97. The fourth-order valence-corrected chi connectivity index (χ4v) is 1.18. The number of methoxy groups -OCH3 is 1. The normalized spacial score (nSPS) is 9.44. The lowest BCUT2D eigenvalue weighted by molar-refractivity contribution is 0.145. The van der Waals surface area contributed by atoms with E-state index in [1.165, 1.54) is 0 Å². The van der Waals surface area contributed by atoms with E-state index in [-0.39, 0.29) is 4.90 Å². The van der Waals surface area contributed by atoms with E-state index in [0.29, 0.717) is 5.75 Å². The number of nitrogens with one attached hydrogen (secondary N) is 1. The number of primary amides is 1. The number of aryl methyl sites for hydroxylation is 1. The summed E-state index contributed by atoms with van der Waals surface area (Å²) >= 11 is 0. The van der Waals surface area contributed by atoms with Crippen LogP contribution in [0.4, 0.5) is 9.59 Å². The molecule has 3 N–H and O–H groups in total. The van der Waals surface area contributed by atoms with Crippen LogP contribution in [0.2, 0.25) is 0 Å². The predicted molar refractivity (Wildman–Crippen MR) is 63.4 cm³/mol. The minimum absolute atomic E-state index is 0.284. The van der Waals surface area contributed by atoms with Crippen LogP contribution in [0.25, 0.3) is 0 Å². The summed E-state index contributed by atoms with van der Waals surface area (Å²) in [5.74, 6) is 0.345. The summed E-state index contributed by atoms with van der Waals surface area (Å²) in [5.41, 5.74) is 5.72. The van der Waals surface area contributed by atoms with Crippen LogP contribution in [0, 0.1) is 12.3 Å². The van der Waals surface area contributed by atoms with Crippen molar-refractivity contribution in [3.05, 3.63) is 29.8 Å². The number of carbonyl (C=O) groups is 2. The molecular formula is C11H13N3O4. The molecule has 0 bridgehead atoms. The number of amidine groups is 1. The monoisotopic (exact) mass is 251 g/mol. The highest BCUT2D eigenvalue weighted by Gasteiger charge is 2.26. The molecule has 0 aliphatic carbocycles. The van der Waals surface area contributed by atoms with Crippen molar-refractivity contribution in [2.75, 3.05) is 7.11 Å². The summed E-state index contributed by atoms with van der Waals surface area (Å²) in [4.78, 5) is 22.6. The lowest BCUT2D eigenvalue weighted by Gasteiger charge is -2.17. The van der Waals surface area contributed by atoms with Crippen LogP contribution in [0.3, 0.4) is 0 Å². The second-order valence-corrected chi connectivity index (χ2v) is 3.32. The Balaban J connectivity index is 2.90. The maximum atomic E-state index is 11.3. The molecule has 0 heterocycles. The van der Waals surface area contributed by atoms with E-state index < -0.39 is 18.1 Å². The lowest BCUT2D eigenvalue weighted by atomic mass is 10.2. The smallest absolute Gasteiger partial charge is 0.426 e. The van der Waals surface area contributed by atoms with Gasteiger partial charge < -0.3 is 15.2 Å². The zero-order valence-corrected chi connectivity index (χ0v) is 9.97. The van der Waals surface area contributed by atoms with Crippen molar-refractivity contribution in [3.8, 4) is 5.75 Å². The molecule has 3 amide bonds. The number of urea groups is 1. The average molecular weight is 251 g/mol. The van der Waals surface area contributed by atoms with Gasteiger partial charge in [-0.1, -0.05) is 18.2 Å². The molecule has 0 spiro atoms. The quantitative estimate of drug-likeness (QED) is 0.582. The number of imide groups is 1. The third kappa shape index (κ3) is 2.97. The summed E-state index contributed by atoms with van der Waals surface area (Å²) in [6, 6.07) is 4.97. The van der Waals surface area contributed by atoms with Crippen molar-refractivity contribution in [1.29, 1.82) is 5.41 Å². The highest BCUT2D eigenvalue weighted by Crippen LogP contribution is 2.17. The van der Waals surface area contributed by atoms with Crippen molar-refractivity contribution in [2.45, 2.75) is 6.92 Å². The van der Waals surface area contributed by atoms with Gasteiger partial charge >= 0.3 is 18.1 Å². The molecule has 0 saturated carbocycles. The molecule has 1 aromatic carbocycles. The molecule has 1 rings (SSSR count). The first-order chi connectivity index (χ1) is 8.47. The minimum atomic E-state index is -1.15. The second-order valence-electron chi connectivity index (χ2n) is 3.32. The molecule has 0 fully saturated rings. The van der Waals surface area contributed by atoms with Gasteiger partial charge in [-0.25, -0.2) is 9.59 Å². The van der Waals surface area contributed by atoms with Gasteiger partial charge in [-0.05, 0) is 18.6 Å². The Morgan fingerprint density at radius 2 is 1.94 bits per heavy atom. The van der Waals surface area contributed by atoms with Crippen molar-refractivity contribution in [1.82, 2.24) is 4.90 Å². The number of ether oxygens (including phenoxy) is 2. The molecule has 1 aromatic rings. The Labute approximate surface area is 104 Å². The molecule has 0 aliphatic rings. The molecule has 0 unspecified atom stereocenters. The Morgan fingerprint density at radius 1 is 1.33 bits per heavy atom. The maximum absolute atomic E-state index is 11.3. The molecule has 7 nitrogen and oxygen atoms in total. The number of carbonyl (C=O) groups excluding carboxylic acids is 2. The molecule has 0 aliphatic heterocycles. The fourth-order valence-electron chi connectivity index (χ4n) is 1.18. The first-order valence-corrected chi connectivity index (χ1v) is 4.97. The first kappa shape index (κ1) is 13.5. The predicted octanol–water partition coefficient (Wildman–Crippen LogP) is 1.46. The molecule has 96 valence electrons. The van der Waals surface area contributed by atoms with Gasteiger partial charge in [-0.2, -0.15) is 0 Å². The van der Waals surface area contributed by atoms with Gasteiger partial charge in [-0.3, -0.25) is 5.41 Å². The summed E-state index contributed by atoms with van der Waals surface area (Å²) in [6.45, 7) is 1.76. The summed E-state index contributed by atoms with van der Waals surface area (Å²) < 4.78 is 9.43. The zero-order chi connectivity index (χ0) is 13.7. The number of nitrogens with zero attached hydrogens (tertiary/aromatic N) is 1. The molecule has 0 aromatic heterocycles. The molecule has 0 atom stereocenters. The van der Waals surface area contributed by atoms with Crippen molar-refractivity contribution in [3.63, 3.8) is 0 Å². The van der Waals surface area contributed by atoms with Crippen molar-refractivity contribution < 1.29 is 19.1 Å². The van der Waals surface area contributed by atoms with Crippen molar-refractivity contribution >= 4 is 18.1 Å². The standard InChI is InChI=1S/C11H13N3O4/c1-7-5-3-4-6-8(7)18-10(13)14(9(12)15)11(16)17-2/h3-6,13H,1-2H3,(H2,12,15). The number of rotatable bonds is 1. The Bertz CT molecular complexity index is 487. The molecule has 18 heavy (non-hydrogen) atoms. The average Bonchev–Trinajstić information content (AvgIpc) is 2.31. The van der Waals surface area contributed by atoms with E-state index in [1.807, 2.05) is 0 Å². The van der Waals surface area contributed by atoms with E-state index in [9.17, 15) is 9.59 Å². The van der Waals surface area contributed by atoms with Gasteiger partial charge in [0.05, 0.1) is 7.11 Å². The molecule has 7 heteroatoms. The number of hydrogen-bond donors (Lipinski definition) is 2. The van der Waals surface area contributed by atoms with Crippen LogP contribution in [0.1, 0.15) is 5.56 Å². The number of para-hydroxylation sites is 1. The van der Waals surface area contributed by atoms with Crippen LogP contribution in [0.15, 0.2) is 24.3 Å². The third-order valence-corrected chi connectivity index (χ3v) is 2.08. The molecule has 0 radical (unpaired) electrons. The fraction of sp³-hybridized carbons (Fsp3) is 0.182. The van der Waals surface area contributed by atoms with Gasteiger partial charge in [0, 0.05) is 0 Å². The van der Waals surface area contributed by atoms with Crippen molar-refractivity contribution in [2.24, 2.45) is 5.73 Å². The summed E-state index contributed by atoms with van der Waals surface area (Å²) in [7, 11) is 1.07. The van der Waals surface area contributed by atoms with E-state index in [2.05, 4.69) is 4.74 Å². The Morgan fingerprint density at radius 3 is 2.44 bits per heavy atom. The van der Waals surface area contributed by atoms with Crippen LogP contribution in [-0.2, 0) is 4.74 Å². The second kappa shape index (κ2) is 5.67. The van der Waals surface area contributed by atoms with E-state index >= 15 is 0 Å². The summed E-state index contributed by atoms with van der Waals surface area (Å²) in [5, 5.41) is 7.55.